The highest BCUT2D eigenvalue weighted by atomic mass is 16.1. The molecule has 0 aliphatic carbocycles. The molecule has 28 heavy (non-hydrogen) atoms. The summed E-state index contributed by atoms with van der Waals surface area (Å²) >= 11 is 0. The number of anilines is 1. The van der Waals surface area contributed by atoms with E-state index in [1.807, 2.05) is 42.1 Å². The fourth-order valence-corrected chi connectivity index (χ4v) is 3.38. The summed E-state index contributed by atoms with van der Waals surface area (Å²) in [6, 6.07) is 9.53. The van der Waals surface area contributed by atoms with Crippen molar-refractivity contribution < 1.29 is 4.79 Å². The molecule has 1 aliphatic rings. The lowest BCUT2D eigenvalue weighted by Crippen LogP contribution is -2.44. The zero-order chi connectivity index (χ0) is 19.5. The number of likely N-dealkylation sites (N-methyl/N-ethyl adjacent to an activating group) is 1. The molecule has 0 bridgehead atoms. The zero-order valence-electron chi connectivity index (χ0n) is 16.3. The van der Waals surface area contributed by atoms with Crippen LogP contribution in [0.5, 0.6) is 0 Å². The van der Waals surface area contributed by atoms with Crippen molar-refractivity contribution in [1.82, 2.24) is 30.2 Å². The van der Waals surface area contributed by atoms with Crippen molar-refractivity contribution in [3.8, 4) is 0 Å². The minimum Gasteiger partial charge on any atom is -0.354 e. The van der Waals surface area contributed by atoms with E-state index in [1.54, 1.807) is 6.07 Å². The minimum atomic E-state index is -0.129. The van der Waals surface area contributed by atoms with Gasteiger partial charge in [0.25, 0.3) is 5.91 Å². The van der Waals surface area contributed by atoms with Gasteiger partial charge in [0.15, 0.2) is 0 Å². The highest BCUT2D eigenvalue weighted by Gasteiger charge is 2.15. The average molecular weight is 379 g/mol. The van der Waals surface area contributed by atoms with Crippen molar-refractivity contribution in [2.24, 2.45) is 0 Å². The predicted molar refractivity (Wildman–Crippen MR) is 108 cm³/mol. The molecule has 1 amide bonds. The summed E-state index contributed by atoms with van der Waals surface area (Å²) in [5, 5.41) is 11.2. The molecule has 1 N–H and O–H groups in total. The van der Waals surface area contributed by atoms with Crippen molar-refractivity contribution in [1.29, 1.82) is 0 Å². The number of hydrogen-bond acceptors (Lipinski definition) is 6. The number of carbonyl (C=O) groups excluding carboxylic acids is 1. The van der Waals surface area contributed by atoms with E-state index in [-0.39, 0.29) is 5.91 Å². The van der Waals surface area contributed by atoms with Crippen molar-refractivity contribution in [2.75, 3.05) is 38.1 Å². The Labute approximate surface area is 164 Å². The number of fused-ring (bicyclic) bond motifs is 1. The van der Waals surface area contributed by atoms with Gasteiger partial charge < -0.3 is 15.1 Å². The molecule has 1 aromatic carbocycles. The summed E-state index contributed by atoms with van der Waals surface area (Å²) in [5.41, 5.74) is 3.22. The van der Waals surface area contributed by atoms with E-state index in [9.17, 15) is 4.79 Å². The monoisotopic (exact) mass is 379 g/mol. The van der Waals surface area contributed by atoms with Crippen LogP contribution >= 0.6 is 0 Å². The van der Waals surface area contributed by atoms with E-state index in [4.69, 9.17) is 0 Å². The molecule has 1 aliphatic heterocycles. The zero-order valence-corrected chi connectivity index (χ0v) is 16.3. The standard InChI is InChI=1S/C20H25N7O/c1-3-27-18-6-5-16(12-17(18)23-24-27)20(28)22-14-15-4-7-19(21-13-15)26-10-8-25(2)9-11-26/h4-7,12-13H,3,8-11,14H2,1-2H3,(H,22,28). The van der Waals surface area contributed by atoms with E-state index in [2.05, 4.69) is 37.5 Å². The fraction of sp³-hybridized carbons (Fsp3) is 0.400. The van der Waals surface area contributed by atoms with Crippen molar-refractivity contribution >= 4 is 22.8 Å². The Morgan fingerprint density at radius 1 is 1.14 bits per heavy atom. The van der Waals surface area contributed by atoms with E-state index in [1.165, 1.54) is 0 Å². The average Bonchev–Trinajstić information content (AvgIpc) is 3.15. The van der Waals surface area contributed by atoms with Gasteiger partial charge in [-0.15, -0.1) is 5.10 Å². The first-order valence-electron chi connectivity index (χ1n) is 9.64. The Hall–Kier alpha value is -3.00. The third-order valence-electron chi connectivity index (χ3n) is 5.17. The fourth-order valence-electron chi connectivity index (χ4n) is 3.38. The van der Waals surface area contributed by atoms with E-state index >= 15 is 0 Å². The number of pyridine rings is 1. The highest BCUT2D eigenvalue weighted by Crippen LogP contribution is 2.15. The van der Waals surface area contributed by atoms with Gasteiger partial charge in [-0.05, 0) is 43.8 Å². The topological polar surface area (TPSA) is 79.2 Å². The van der Waals surface area contributed by atoms with Crippen LogP contribution in [-0.2, 0) is 13.1 Å². The minimum absolute atomic E-state index is 0.129. The summed E-state index contributed by atoms with van der Waals surface area (Å²) in [5.74, 6) is 0.865. The molecule has 0 radical (unpaired) electrons. The Morgan fingerprint density at radius 3 is 2.68 bits per heavy atom. The number of carbonyl (C=O) groups is 1. The molecular weight excluding hydrogens is 354 g/mol. The van der Waals surface area contributed by atoms with E-state index < -0.39 is 0 Å². The number of nitrogens with one attached hydrogen (secondary N) is 1. The van der Waals surface area contributed by atoms with Crippen LogP contribution in [0.15, 0.2) is 36.5 Å². The first-order valence-corrected chi connectivity index (χ1v) is 9.64. The van der Waals surface area contributed by atoms with Crippen LogP contribution in [-0.4, -0.2) is 64.0 Å². The number of piperazine rings is 1. The largest absolute Gasteiger partial charge is 0.354 e. The third kappa shape index (κ3) is 3.82. The first-order chi connectivity index (χ1) is 13.6. The normalized spacial score (nSPS) is 15.1. The lowest BCUT2D eigenvalue weighted by molar-refractivity contribution is 0.0951. The Balaban J connectivity index is 1.36. The molecule has 0 spiro atoms. The van der Waals surface area contributed by atoms with Crippen molar-refractivity contribution in [3.05, 3.63) is 47.7 Å². The number of aryl methyl sites for hydroxylation is 1. The third-order valence-corrected chi connectivity index (χ3v) is 5.17. The van der Waals surface area contributed by atoms with Crippen LogP contribution in [0.3, 0.4) is 0 Å². The molecular formula is C20H25N7O. The molecule has 1 saturated heterocycles. The smallest absolute Gasteiger partial charge is 0.251 e. The van der Waals surface area contributed by atoms with Gasteiger partial charge in [-0.25, -0.2) is 9.67 Å². The van der Waals surface area contributed by atoms with Crippen molar-refractivity contribution in [3.63, 3.8) is 0 Å². The number of aromatic nitrogens is 4. The van der Waals surface area contributed by atoms with Gasteiger partial charge in [0.05, 0.1) is 5.52 Å². The number of benzene rings is 1. The summed E-state index contributed by atoms with van der Waals surface area (Å²) in [6.07, 6.45) is 1.84. The molecule has 146 valence electrons. The quantitative estimate of drug-likeness (QED) is 0.724. The van der Waals surface area contributed by atoms with Crippen LogP contribution < -0.4 is 10.2 Å². The predicted octanol–water partition coefficient (Wildman–Crippen LogP) is 1.53. The Kier molecular flexibility index (Phi) is 5.21. The maximum absolute atomic E-state index is 12.5. The second-order valence-corrected chi connectivity index (χ2v) is 7.11. The Morgan fingerprint density at radius 2 is 1.96 bits per heavy atom. The molecule has 3 heterocycles. The highest BCUT2D eigenvalue weighted by molar-refractivity contribution is 5.97. The molecule has 8 heteroatoms. The maximum Gasteiger partial charge on any atom is 0.251 e. The number of amides is 1. The van der Waals surface area contributed by atoms with Gasteiger partial charge in [0.2, 0.25) is 0 Å². The number of hydrogen-bond donors (Lipinski definition) is 1. The van der Waals surface area contributed by atoms with Crippen molar-refractivity contribution in [2.45, 2.75) is 20.0 Å². The SMILES string of the molecule is CCn1nnc2cc(C(=O)NCc3ccc(N4CCN(C)CC4)nc3)ccc21. The van der Waals surface area contributed by atoms with Gasteiger partial charge in [0.1, 0.15) is 11.3 Å². The molecule has 0 unspecified atom stereocenters. The molecule has 0 atom stereocenters. The summed E-state index contributed by atoms with van der Waals surface area (Å²) in [7, 11) is 2.14. The van der Waals surface area contributed by atoms with Gasteiger partial charge in [0, 0.05) is 51.0 Å². The van der Waals surface area contributed by atoms with E-state index in [0.717, 1.165) is 55.1 Å². The van der Waals surface area contributed by atoms with Gasteiger partial charge in [-0.2, -0.15) is 0 Å². The Bertz CT molecular complexity index is 958. The van der Waals surface area contributed by atoms with Crippen LogP contribution in [0.25, 0.3) is 11.0 Å². The van der Waals surface area contributed by atoms with Crippen LogP contribution in [0.2, 0.25) is 0 Å². The van der Waals surface area contributed by atoms with Gasteiger partial charge >= 0.3 is 0 Å². The van der Waals surface area contributed by atoms with Gasteiger partial charge in [-0.3, -0.25) is 4.79 Å². The van der Waals surface area contributed by atoms with Crippen LogP contribution in [0.1, 0.15) is 22.8 Å². The maximum atomic E-state index is 12.5. The molecule has 3 aromatic rings. The molecule has 8 nitrogen and oxygen atoms in total. The van der Waals surface area contributed by atoms with Crippen LogP contribution in [0.4, 0.5) is 5.82 Å². The molecule has 1 fully saturated rings. The molecule has 0 saturated carbocycles. The molecule has 4 rings (SSSR count). The first kappa shape index (κ1) is 18.4. The summed E-state index contributed by atoms with van der Waals surface area (Å²) < 4.78 is 1.81. The number of nitrogens with zero attached hydrogens (tertiary/aromatic N) is 6. The second kappa shape index (κ2) is 7.93. The lowest BCUT2D eigenvalue weighted by atomic mass is 10.2. The summed E-state index contributed by atoms with van der Waals surface area (Å²) in [4.78, 5) is 21.7. The lowest BCUT2D eigenvalue weighted by Gasteiger charge is -2.33. The van der Waals surface area contributed by atoms with Gasteiger partial charge in [-0.1, -0.05) is 11.3 Å². The van der Waals surface area contributed by atoms with E-state index in [0.29, 0.717) is 12.1 Å². The van der Waals surface area contributed by atoms with Crippen LogP contribution in [0, 0.1) is 0 Å². The molecule has 2 aromatic heterocycles. The number of rotatable bonds is 5. The second-order valence-electron chi connectivity index (χ2n) is 7.11. The summed E-state index contributed by atoms with van der Waals surface area (Å²) in [6.45, 7) is 7.28.